The smallest absolute Gasteiger partial charge is 0.0811 e. The van der Waals surface area contributed by atoms with Gasteiger partial charge >= 0.3 is 0 Å². The van der Waals surface area contributed by atoms with Crippen molar-refractivity contribution in [3.63, 3.8) is 0 Å². The number of hydrogen-bond acceptors (Lipinski definition) is 3. The average Bonchev–Trinajstić information content (AvgIpc) is 2.74. The van der Waals surface area contributed by atoms with Crippen LogP contribution in [0.5, 0.6) is 0 Å². The van der Waals surface area contributed by atoms with Gasteiger partial charge in [-0.2, -0.15) is 5.10 Å². The second-order valence-corrected chi connectivity index (χ2v) is 5.53. The summed E-state index contributed by atoms with van der Waals surface area (Å²) in [6.07, 6.45) is 0. The van der Waals surface area contributed by atoms with Gasteiger partial charge in [0, 0.05) is 29.0 Å². The fraction of sp³-hybridized carbons (Fsp3) is 0.364. The fourth-order valence-electron chi connectivity index (χ4n) is 1.80. The highest BCUT2D eigenvalue weighted by Crippen LogP contribution is 2.32. The van der Waals surface area contributed by atoms with Crippen molar-refractivity contribution in [2.75, 3.05) is 7.05 Å². The molecule has 0 atom stereocenters. The van der Waals surface area contributed by atoms with E-state index in [1.54, 1.807) is 11.3 Å². The number of rotatable bonds is 3. The Morgan fingerprint density at radius 2 is 2.31 bits per heavy atom. The quantitative estimate of drug-likeness (QED) is 0.944. The number of thiophene rings is 1. The highest BCUT2D eigenvalue weighted by atomic mass is 79.9. The lowest BCUT2D eigenvalue weighted by Crippen LogP contribution is -2.06. The first-order valence-corrected chi connectivity index (χ1v) is 6.72. The van der Waals surface area contributed by atoms with Crippen LogP contribution in [0, 0.1) is 6.92 Å². The Bertz CT molecular complexity index is 501. The molecule has 2 aromatic rings. The third-order valence-electron chi connectivity index (χ3n) is 2.53. The Kier molecular flexibility index (Phi) is 3.47. The zero-order valence-corrected chi connectivity index (χ0v) is 11.9. The van der Waals surface area contributed by atoms with Crippen molar-refractivity contribution < 1.29 is 0 Å². The highest BCUT2D eigenvalue weighted by Gasteiger charge is 2.14. The van der Waals surface area contributed by atoms with Crippen LogP contribution in [-0.4, -0.2) is 16.8 Å². The maximum Gasteiger partial charge on any atom is 0.0811 e. The van der Waals surface area contributed by atoms with E-state index in [9.17, 15) is 0 Å². The first kappa shape index (κ1) is 11.8. The standard InChI is InChI=1S/C11H14BrN3S/c1-7-9(5-13-2)14-15(3)11(7)10-4-8(12)6-16-10/h4,6,13H,5H2,1-3H3. The first-order valence-electron chi connectivity index (χ1n) is 5.05. The summed E-state index contributed by atoms with van der Waals surface area (Å²) in [4.78, 5) is 1.25. The predicted octanol–water partition coefficient (Wildman–Crippen LogP) is 2.94. The van der Waals surface area contributed by atoms with Crippen LogP contribution < -0.4 is 5.32 Å². The van der Waals surface area contributed by atoms with E-state index in [-0.39, 0.29) is 0 Å². The van der Waals surface area contributed by atoms with Crippen LogP contribution in [-0.2, 0) is 13.6 Å². The van der Waals surface area contributed by atoms with E-state index in [0.29, 0.717) is 0 Å². The van der Waals surface area contributed by atoms with Gasteiger partial charge in [-0.15, -0.1) is 11.3 Å². The Morgan fingerprint density at radius 3 is 2.88 bits per heavy atom. The second-order valence-electron chi connectivity index (χ2n) is 3.70. The van der Waals surface area contributed by atoms with Crippen molar-refractivity contribution in [3.8, 4) is 10.6 Å². The molecule has 0 fully saturated rings. The molecular weight excluding hydrogens is 286 g/mol. The molecule has 0 aliphatic carbocycles. The number of aryl methyl sites for hydroxylation is 1. The number of halogens is 1. The van der Waals surface area contributed by atoms with Gasteiger partial charge < -0.3 is 5.32 Å². The zero-order chi connectivity index (χ0) is 11.7. The molecule has 86 valence electrons. The van der Waals surface area contributed by atoms with Crippen molar-refractivity contribution in [2.45, 2.75) is 13.5 Å². The Hall–Kier alpha value is -0.650. The van der Waals surface area contributed by atoms with Gasteiger partial charge in [0.25, 0.3) is 0 Å². The monoisotopic (exact) mass is 299 g/mol. The molecule has 0 aliphatic rings. The second kappa shape index (κ2) is 4.69. The van der Waals surface area contributed by atoms with E-state index in [1.165, 1.54) is 16.1 Å². The Balaban J connectivity index is 2.48. The van der Waals surface area contributed by atoms with E-state index >= 15 is 0 Å². The number of aromatic nitrogens is 2. The summed E-state index contributed by atoms with van der Waals surface area (Å²) in [5.41, 5.74) is 3.58. The minimum Gasteiger partial charge on any atom is -0.314 e. The van der Waals surface area contributed by atoms with Crippen LogP contribution in [0.4, 0.5) is 0 Å². The summed E-state index contributed by atoms with van der Waals surface area (Å²) in [6.45, 7) is 2.94. The molecule has 2 rings (SSSR count). The molecule has 0 radical (unpaired) electrons. The normalized spacial score (nSPS) is 11.0. The molecule has 1 N–H and O–H groups in total. The molecule has 2 heterocycles. The van der Waals surface area contributed by atoms with Gasteiger partial charge in [0.1, 0.15) is 0 Å². The molecule has 0 aromatic carbocycles. The van der Waals surface area contributed by atoms with Gasteiger partial charge in [0.2, 0.25) is 0 Å². The molecule has 0 saturated heterocycles. The summed E-state index contributed by atoms with van der Waals surface area (Å²) >= 11 is 5.22. The van der Waals surface area contributed by atoms with Crippen molar-refractivity contribution in [3.05, 3.63) is 27.2 Å². The van der Waals surface area contributed by atoms with Gasteiger partial charge in [-0.1, -0.05) is 0 Å². The minimum absolute atomic E-state index is 0.812. The van der Waals surface area contributed by atoms with Gasteiger partial charge in [0.15, 0.2) is 0 Å². The molecule has 0 aliphatic heterocycles. The van der Waals surface area contributed by atoms with Crippen LogP contribution in [0.3, 0.4) is 0 Å². The summed E-state index contributed by atoms with van der Waals surface area (Å²) in [5, 5.41) is 9.77. The first-order chi connectivity index (χ1) is 7.63. The maximum absolute atomic E-state index is 4.53. The molecule has 0 spiro atoms. The van der Waals surface area contributed by atoms with Crippen LogP contribution in [0.15, 0.2) is 15.9 Å². The molecule has 0 unspecified atom stereocenters. The van der Waals surface area contributed by atoms with Gasteiger partial charge in [-0.05, 0) is 36.0 Å². The van der Waals surface area contributed by atoms with E-state index in [0.717, 1.165) is 16.7 Å². The van der Waals surface area contributed by atoms with Crippen LogP contribution in [0.25, 0.3) is 10.6 Å². The summed E-state index contributed by atoms with van der Waals surface area (Å²) in [6, 6.07) is 2.14. The van der Waals surface area contributed by atoms with E-state index in [4.69, 9.17) is 0 Å². The molecule has 0 saturated carbocycles. The van der Waals surface area contributed by atoms with E-state index < -0.39 is 0 Å². The van der Waals surface area contributed by atoms with E-state index in [1.807, 2.05) is 18.8 Å². The van der Waals surface area contributed by atoms with Crippen molar-refractivity contribution in [1.82, 2.24) is 15.1 Å². The maximum atomic E-state index is 4.53. The number of nitrogens with zero attached hydrogens (tertiary/aromatic N) is 2. The van der Waals surface area contributed by atoms with Crippen LogP contribution >= 0.6 is 27.3 Å². The van der Waals surface area contributed by atoms with Crippen molar-refractivity contribution >= 4 is 27.3 Å². The Morgan fingerprint density at radius 1 is 1.56 bits per heavy atom. The molecule has 3 nitrogen and oxygen atoms in total. The topological polar surface area (TPSA) is 29.9 Å². The largest absolute Gasteiger partial charge is 0.314 e. The lowest BCUT2D eigenvalue weighted by atomic mass is 10.2. The third-order valence-corrected chi connectivity index (χ3v) is 4.23. The summed E-state index contributed by atoms with van der Waals surface area (Å²) < 4.78 is 3.09. The lowest BCUT2D eigenvalue weighted by Gasteiger charge is -1.99. The molecule has 16 heavy (non-hydrogen) atoms. The summed E-state index contributed by atoms with van der Waals surface area (Å²) in [7, 11) is 3.94. The predicted molar refractivity (Wildman–Crippen MR) is 71.7 cm³/mol. The Labute approximate surface area is 108 Å². The van der Waals surface area contributed by atoms with Crippen LogP contribution in [0.2, 0.25) is 0 Å². The summed E-state index contributed by atoms with van der Waals surface area (Å²) in [5.74, 6) is 0. The number of hydrogen-bond donors (Lipinski definition) is 1. The minimum atomic E-state index is 0.812. The molecule has 2 aromatic heterocycles. The lowest BCUT2D eigenvalue weighted by molar-refractivity contribution is 0.715. The third kappa shape index (κ3) is 2.07. The van der Waals surface area contributed by atoms with Crippen molar-refractivity contribution in [2.24, 2.45) is 7.05 Å². The van der Waals surface area contributed by atoms with Gasteiger partial charge in [-0.25, -0.2) is 0 Å². The molecule has 5 heteroatoms. The van der Waals surface area contributed by atoms with Crippen LogP contribution in [0.1, 0.15) is 11.3 Å². The van der Waals surface area contributed by atoms with Gasteiger partial charge in [0.05, 0.1) is 16.3 Å². The average molecular weight is 300 g/mol. The van der Waals surface area contributed by atoms with Crippen molar-refractivity contribution in [1.29, 1.82) is 0 Å². The zero-order valence-electron chi connectivity index (χ0n) is 9.54. The van der Waals surface area contributed by atoms with Gasteiger partial charge in [-0.3, -0.25) is 4.68 Å². The fourth-order valence-corrected chi connectivity index (χ4v) is 3.36. The number of nitrogens with one attached hydrogen (secondary N) is 1. The molecule has 0 amide bonds. The molecular formula is C11H14BrN3S. The van der Waals surface area contributed by atoms with E-state index in [2.05, 4.69) is 44.7 Å². The SMILES string of the molecule is CNCc1nn(C)c(-c2cc(Br)cs2)c1C. The highest BCUT2D eigenvalue weighted by molar-refractivity contribution is 9.10. The molecule has 0 bridgehead atoms.